The molecule has 204 valence electrons. The Morgan fingerprint density at radius 1 is 1.05 bits per heavy atom. The first-order valence-electron chi connectivity index (χ1n) is 12.9. The lowest BCUT2D eigenvalue weighted by atomic mass is 9.68. The van der Waals surface area contributed by atoms with Crippen LogP contribution >= 0.6 is 0 Å². The SMILES string of the molecule is C=C(C)C[C@@H](/C=C/C(C[C@@H]1[C@H](CO)C[C@@H]1OC(=O)c1ccccc1)OC(C)=O)OCc1ccc(OC)cc1. The maximum absolute atomic E-state index is 12.6. The molecule has 0 aliphatic heterocycles. The van der Waals surface area contributed by atoms with Gasteiger partial charge in [0, 0.05) is 19.4 Å². The van der Waals surface area contributed by atoms with Gasteiger partial charge in [-0.1, -0.05) is 42.0 Å². The van der Waals surface area contributed by atoms with Crippen molar-refractivity contribution in [1.82, 2.24) is 0 Å². The second-order valence-corrected chi connectivity index (χ2v) is 9.78. The second kappa shape index (κ2) is 14.5. The fraction of sp³-hybridized carbons (Fsp3) is 0.419. The number of aliphatic hydroxyl groups excluding tert-OH is 1. The summed E-state index contributed by atoms with van der Waals surface area (Å²) in [6.45, 7) is 7.69. The Balaban J connectivity index is 1.66. The maximum atomic E-state index is 12.6. The summed E-state index contributed by atoms with van der Waals surface area (Å²) in [5.74, 6) is -0.201. The minimum atomic E-state index is -0.554. The zero-order valence-electron chi connectivity index (χ0n) is 22.4. The molecule has 0 saturated heterocycles. The molecule has 0 spiro atoms. The Hall–Kier alpha value is -3.42. The van der Waals surface area contributed by atoms with E-state index in [1.165, 1.54) is 6.92 Å². The van der Waals surface area contributed by atoms with Crippen LogP contribution in [0.5, 0.6) is 5.75 Å². The van der Waals surface area contributed by atoms with Gasteiger partial charge in [-0.05, 0) is 68.0 Å². The third-order valence-electron chi connectivity index (χ3n) is 6.66. The van der Waals surface area contributed by atoms with Crippen LogP contribution in [0.25, 0.3) is 0 Å². The van der Waals surface area contributed by atoms with Crippen molar-refractivity contribution >= 4 is 11.9 Å². The van der Waals surface area contributed by atoms with Crippen LogP contribution < -0.4 is 4.74 Å². The van der Waals surface area contributed by atoms with E-state index in [2.05, 4.69) is 6.58 Å². The van der Waals surface area contributed by atoms with Gasteiger partial charge in [-0.25, -0.2) is 4.79 Å². The predicted octanol–water partition coefficient (Wildman–Crippen LogP) is 5.28. The smallest absolute Gasteiger partial charge is 0.338 e. The molecule has 1 N–H and O–H groups in total. The van der Waals surface area contributed by atoms with Crippen LogP contribution in [0.1, 0.15) is 49.0 Å². The second-order valence-electron chi connectivity index (χ2n) is 9.78. The van der Waals surface area contributed by atoms with Crippen molar-refractivity contribution in [2.75, 3.05) is 13.7 Å². The maximum Gasteiger partial charge on any atom is 0.338 e. The quantitative estimate of drug-likeness (QED) is 0.267. The van der Waals surface area contributed by atoms with Gasteiger partial charge in [-0.2, -0.15) is 0 Å². The van der Waals surface area contributed by atoms with Crippen molar-refractivity contribution in [3.63, 3.8) is 0 Å². The van der Waals surface area contributed by atoms with Gasteiger partial charge in [0.2, 0.25) is 0 Å². The zero-order chi connectivity index (χ0) is 27.5. The Kier molecular flexibility index (Phi) is 11.1. The lowest BCUT2D eigenvalue weighted by molar-refractivity contribution is -0.147. The van der Waals surface area contributed by atoms with Crippen molar-refractivity contribution in [1.29, 1.82) is 0 Å². The minimum Gasteiger partial charge on any atom is -0.497 e. The summed E-state index contributed by atoms with van der Waals surface area (Å²) < 4.78 is 22.7. The molecular weight excluding hydrogens is 484 g/mol. The fourth-order valence-corrected chi connectivity index (χ4v) is 4.57. The molecule has 5 atom stereocenters. The van der Waals surface area contributed by atoms with E-state index < -0.39 is 18.0 Å². The molecule has 0 bridgehead atoms. The summed E-state index contributed by atoms with van der Waals surface area (Å²) in [6, 6.07) is 16.5. The number of carbonyl (C=O) groups excluding carboxylic acids is 2. The summed E-state index contributed by atoms with van der Waals surface area (Å²) in [4.78, 5) is 24.5. The lowest BCUT2D eigenvalue weighted by Crippen LogP contribution is -2.47. The van der Waals surface area contributed by atoms with Crippen LogP contribution in [0.4, 0.5) is 0 Å². The van der Waals surface area contributed by atoms with E-state index in [1.807, 2.05) is 49.4 Å². The van der Waals surface area contributed by atoms with Gasteiger partial charge in [0.25, 0.3) is 0 Å². The number of esters is 2. The summed E-state index contributed by atoms with van der Waals surface area (Å²) >= 11 is 0. The van der Waals surface area contributed by atoms with Crippen molar-refractivity contribution in [2.24, 2.45) is 11.8 Å². The normalized spacial score (nSPS) is 20.3. The average molecular weight is 523 g/mol. The molecule has 7 nitrogen and oxygen atoms in total. The first-order chi connectivity index (χ1) is 18.3. The molecular formula is C31H38O7. The van der Waals surface area contributed by atoms with Crippen LogP contribution in [-0.4, -0.2) is 49.1 Å². The molecule has 1 unspecified atom stereocenters. The van der Waals surface area contributed by atoms with Crippen LogP contribution in [0.2, 0.25) is 0 Å². The van der Waals surface area contributed by atoms with Crippen molar-refractivity contribution in [2.45, 2.75) is 58.0 Å². The molecule has 1 fully saturated rings. The minimum absolute atomic E-state index is 0.0240. The van der Waals surface area contributed by atoms with Crippen molar-refractivity contribution in [3.05, 3.63) is 90.0 Å². The third-order valence-corrected chi connectivity index (χ3v) is 6.66. The van der Waals surface area contributed by atoms with E-state index in [1.54, 1.807) is 31.4 Å². The van der Waals surface area contributed by atoms with E-state index in [4.69, 9.17) is 18.9 Å². The van der Waals surface area contributed by atoms with E-state index in [-0.39, 0.29) is 30.7 Å². The number of hydrogen-bond acceptors (Lipinski definition) is 7. The number of benzene rings is 2. The molecule has 0 radical (unpaired) electrons. The molecule has 0 amide bonds. The number of carbonyl (C=O) groups is 2. The monoisotopic (exact) mass is 522 g/mol. The van der Waals surface area contributed by atoms with Gasteiger partial charge in [-0.15, -0.1) is 6.58 Å². The Morgan fingerprint density at radius 3 is 2.34 bits per heavy atom. The van der Waals surface area contributed by atoms with Crippen molar-refractivity contribution in [3.8, 4) is 5.75 Å². The summed E-state index contributed by atoms with van der Waals surface area (Å²) in [5, 5.41) is 9.84. The number of hydrogen-bond donors (Lipinski definition) is 1. The van der Waals surface area contributed by atoms with Gasteiger partial charge in [0.1, 0.15) is 18.0 Å². The number of rotatable bonds is 14. The standard InChI is InChI=1S/C31H38O7/c1-21(2)16-27(36-20-23-10-12-26(35-4)13-11-23)14-15-28(37-22(3)33)18-29-25(19-32)17-30(29)38-31(34)24-8-6-5-7-9-24/h5-15,25,27-30,32H,1,16-20H2,2-4H3/b15-14+/t25-,27+,28?,29+,30-/m0/s1. The van der Waals surface area contributed by atoms with Crippen LogP contribution in [-0.2, 0) is 25.6 Å². The first-order valence-corrected chi connectivity index (χ1v) is 12.9. The summed E-state index contributed by atoms with van der Waals surface area (Å²) in [5.41, 5.74) is 2.45. The molecule has 0 heterocycles. The Labute approximate surface area is 225 Å². The van der Waals surface area contributed by atoms with Gasteiger partial charge < -0.3 is 24.1 Å². The fourth-order valence-electron chi connectivity index (χ4n) is 4.57. The molecule has 3 rings (SSSR count). The van der Waals surface area contributed by atoms with E-state index in [9.17, 15) is 14.7 Å². The molecule has 7 heteroatoms. The van der Waals surface area contributed by atoms with Crippen LogP contribution in [0.15, 0.2) is 78.9 Å². The highest BCUT2D eigenvalue weighted by atomic mass is 16.6. The van der Waals surface area contributed by atoms with Crippen LogP contribution in [0.3, 0.4) is 0 Å². The topological polar surface area (TPSA) is 91.3 Å². The van der Waals surface area contributed by atoms with Gasteiger partial charge >= 0.3 is 11.9 Å². The van der Waals surface area contributed by atoms with Crippen LogP contribution in [0, 0.1) is 11.8 Å². The van der Waals surface area contributed by atoms with Gasteiger partial charge in [0.05, 0.1) is 25.4 Å². The van der Waals surface area contributed by atoms with Crippen molar-refractivity contribution < 1.29 is 33.6 Å². The highest BCUT2D eigenvalue weighted by molar-refractivity contribution is 5.89. The molecule has 2 aromatic rings. The number of ether oxygens (including phenoxy) is 4. The molecule has 38 heavy (non-hydrogen) atoms. The van der Waals surface area contributed by atoms with Gasteiger partial charge in [-0.3, -0.25) is 4.79 Å². The van der Waals surface area contributed by atoms with E-state index in [0.717, 1.165) is 16.9 Å². The highest BCUT2D eigenvalue weighted by Gasteiger charge is 2.44. The zero-order valence-corrected chi connectivity index (χ0v) is 22.4. The summed E-state index contributed by atoms with van der Waals surface area (Å²) in [7, 11) is 1.63. The molecule has 2 aromatic carbocycles. The molecule has 0 aromatic heterocycles. The van der Waals surface area contributed by atoms with E-state index >= 15 is 0 Å². The first kappa shape index (κ1) is 29.1. The third kappa shape index (κ3) is 8.85. The number of methoxy groups -OCH3 is 1. The van der Waals surface area contributed by atoms with E-state index in [0.29, 0.717) is 31.4 Å². The van der Waals surface area contributed by atoms with Gasteiger partial charge in [0.15, 0.2) is 0 Å². The predicted molar refractivity (Wildman–Crippen MR) is 145 cm³/mol. The molecule has 1 saturated carbocycles. The number of aliphatic hydroxyl groups is 1. The Morgan fingerprint density at radius 2 is 1.74 bits per heavy atom. The highest BCUT2D eigenvalue weighted by Crippen LogP contribution is 2.41. The lowest BCUT2D eigenvalue weighted by Gasteiger charge is -2.44. The Bertz CT molecular complexity index is 1080. The molecule has 1 aliphatic carbocycles. The average Bonchev–Trinajstić information content (AvgIpc) is 2.90. The molecule has 1 aliphatic rings. The summed E-state index contributed by atoms with van der Waals surface area (Å²) in [6.07, 6.45) is 4.14. The largest absolute Gasteiger partial charge is 0.497 e.